The van der Waals surface area contributed by atoms with Gasteiger partial charge in [0.25, 0.3) is 5.69 Å². The van der Waals surface area contributed by atoms with Crippen LogP contribution < -0.4 is 5.32 Å². The molecule has 1 saturated heterocycles. The van der Waals surface area contributed by atoms with Crippen LogP contribution >= 0.6 is 0 Å². The number of nitrogens with zero attached hydrogens (tertiary/aromatic N) is 1. The molecular formula is C12H15FN2O3. The number of nitro benzene ring substituents is 1. The molecule has 98 valence electrons. The Kier molecular flexibility index (Phi) is 3.47. The lowest BCUT2D eigenvalue weighted by Crippen LogP contribution is -2.32. The van der Waals surface area contributed by atoms with Crippen LogP contribution in [-0.2, 0) is 4.74 Å². The van der Waals surface area contributed by atoms with Gasteiger partial charge in [-0.05, 0) is 25.8 Å². The molecule has 6 heteroatoms. The standard InChI is InChI=1S/C12H15FN2O3/c1-12(3-2-4-18-12)8-14-10-5-9(13)6-11(7-10)15(16)17/h5-7,14H,2-4,8H2,1H3. The molecule has 0 amide bonds. The fourth-order valence-corrected chi connectivity index (χ4v) is 2.05. The maximum Gasteiger partial charge on any atom is 0.274 e. The lowest BCUT2D eigenvalue weighted by molar-refractivity contribution is -0.385. The second-order valence-electron chi connectivity index (χ2n) is 4.71. The minimum Gasteiger partial charge on any atom is -0.382 e. The van der Waals surface area contributed by atoms with Gasteiger partial charge in [-0.1, -0.05) is 0 Å². The third-order valence-corrected chi connectivity index (χ3v) is 3.06. The van der Waals surface area contributed by atoms with E-state index in [1.165, 1.54) is 12.1 Å². The van der Waals surface area contributed by atoms with Crippen LogP contribution in [0.2, 0.25) is 0 Å². The molecule has 1 aromatic carbocycles. The summed E-state index contributed by atoms with van der Waals surface area (Å²) in [7, 11) is 0. The second-order valence-corrected chi connectivity index (χ2v) is 4.71. The topological polar surface area (TPSA) is 64.4 Å². The summed E-state index contributed by atoms with van der Waals surface area (Å²) >= 11 is 0. The third-order valence-electron chi connectivity index (χ3n) is 3.06. The van der Waals surface area contributed by atoms with E-state index in [1.54, 1.807) is 0 Å². The van der Waals surface area contributed by atoms with Crippen molar-refractivity contribution in [2.75, 3.05) is 18.5 Å². The Morgan fingerprint density at radius 2 is 2.33 bits per heavy atom. The van der Waals surface area contributed by atoms with Gasteiger partial charge in [-0.15, -0.1) is 0 Å². The van der Waals surface area contributed by atoms with Crippen molar-refractivity contribution in [2.45, 2.75) is 25.4 Å². The van der Waals surface area contributed by atoms with Crippen molar-refractivity contribution in [2.24, 2.45) is 0 Å². The van der Waals surface area contributed by atoms with E-state index in [1.807, 2.05) is 6.92 Å². The van der Waals surface area contributed by atoms with Crippen LogP contribution in [0.5, 0.6) is 0 Å². The molecule has 0 aliphatic carbocycles. The molecule has 1 aliphatic heterocycles. The molecule has 1 aliphatic rings. The van der Waals surface area contributed by atoms with Crippen molar-refractivity contribution in [3.8, 4) is 0 Å². The van der Waals surface area contributed by atoms with Crippen molar-refractivity contribution < 1.29 is 14.1 Å². The third kappa shape index (κ3) is 2.95. The number of halogens is 1. The maximum atomic E-state index is 13.2. The molecule has 1 unspecified atom stereocenters. The van der Waals surface area contributed by atoms with Gasteiger partial charge in [-0.3, -0.25) is 10.1 Å². The zero-order chi connectivity index (χ0) is 13.2. The number of nitro groups is 1. The highest BCUT2D eigenvalue weighted by atomic mass is 19.1. The summed E-state index contributed by atoms with van der Waals surface area (Å²) in [5.41, 5.74) is -0.130. The summed E-state index contributed by atoms with van der Waals surface area (Å²) in [6, 6.07) is 3.46. The van der Waals surface area contributed by atoms with Crippen LogP contribution in [0.25, 0.3) is 0 Å². The molecule has 1 heterocycles. The van der Waals surface area contributed by atoms with E-state index in [0.717, 1.165) is 25.5 Å². The van der Waals surface area contributed by atoms with Gasteiger partial charge in [0.15, 0.2) is 0 Å². The minimum absolute atomic E-state index is 0.255. The van der Waals surface area contributed by atoms with Crippen LogP contribution in [0, 0.1) is 15.9 Å². The molecule has 1 aromatic rings. The monoisotopic (exact) mass is 254 g/mol. The lowest BCUT2D eigenvalue weighted by atomic mass is 10.0. The van der Waals surface area contributed by atoms with Crippen molar-refractivity contribution in [1.29, 1.82) is 0 Å². The highest BCUT2D eigenvalue weighted by molar-refractivity contribution is 5.51. The fraction of sp³-hybridized carbons (Fsp3) is 0.500. The first-order valence-corrected chi connectivity index (χ1v) is 5.81. The minimum atomic E-state index is -0.621. The highest BCUT2D eigenvalue weighted by Crippen LogP contribution is 2.26. The van der Waals surface area contributed by atoms with Crippen molar-refractivity contribution >= 4 is 11.4 Å². The number of hydrogen-bond acceptors (Lipinski definition) is 4. The van der Waals surface area contributed by atoms with Crippen LogP contribution in [0.4, 0.5) is 15.8 Å². The largest absolute Gasteiger partial charge is 0.382 e. The first-order valence-electron chi connectivity index (χ1n) is 5.81. The summed E-state index contributed by atoms with van der Waals surface area (Å²) in [5, 5.41) is 13.6. The number of rotatable bonds is 4. The Morgan fingerprint density at radius 1 is 1.56 bits per heavy atom. The molecule has 0 spiro atoms. The lowest BCUT2D eigenvalue weighted by Gasteiger charge is -2.23. The Bertz CT molecular complexity index is 459. The Labute approximate surface area is 104 Å². The van der Waals surface area contributed by atoms with Gasteiger partial charge in [0.05, 0.1) is 16.6 Å². The van der Waals surface area contributed by atoms with E-state index < -0.39 is 10.7 Å². The van der Waals surface area contributed by atoms with Crippen LogP contribution in [-0.4, -0.2) is 23.7 Å². The van der Waals surface area contributed by atoms with Gasteiger partial charge >= 0.3 is 0 Å². The number of nitrogens with one attached hydrogen (secondary N) is 1. The average Bonchev–Trinajstić information content (AvgIpc) is 2.73. The molecule has 1 N–H and O–H groups in total. The van der Waals surface area contributed by atoms with E-state index in [2.05, 4.69) is 5.32 Å². The van der Waals surface area contributed by atoms with Gasteiger partial charge in [0, 0.05) is 24.9 Å². The first-order chi connectivity index (χ1) is 8.48. The summed E-state index contributed by atoms with van der Waals surface area (Å²) in [6.45, 7) is 3.20. The molecule has 1 fully saturated rings. The highest BCUT2D eigenvalue weighted by Gasteiger charge is 2.29. The number of ether oxygens (including phenoxy) is 1. The SMILES string of the molecule is CC1(CNc2cc(F)cc([N+](=O)[O-])c2)CCCO1. The normalized spacial score (nSPS) is 23.0. The molecule has 0 aromatic heterocycles. The maximum absolute atomic E-state index is 13.2. The van der Waals surface area contributed by atoms with Crippen molar-refractivity contribution in [1.82, 2.24) is 0 Å². The molecule has 0 bridgehead atoms. The van der Waals surface area contributed by atoms with Gasteiger partial charge in [0.2, 0.25) is 0 Å². The first kappa shape index (κ1) is 12.8. The van der Waals surface area contributed by atoms with Gasteiger partial charge < -0.3 is 10.1 Å². The molecule has 0 saturated carbocycles. The van der Waals surface area contributed by atoms with Crippen LogP contribution in [0.1, 0.15) is 19.8 Å². The van der Waals surface area contributed by atoms with Crippen LogP contribution in [0.3, 0.4) is 0 Å². The molecule has 5 nitrogen and oxygen atoms in total. The predicted molar refractivity (Wildman–Crippen MR) is 65.1 cm³/mol. The molecular weight excluding hydrogens is 239 g/mol. The smallest absolute Gasteiger partial charge is 0.274 e. The molecule has 1 atom stereocenters. The Hall–Kier alpha value is -1.69. The summed E-state index contributed by atoms with van der Waals surface area (Å²) in [6.07, 6.45) is 1.93. The average molecular weight is 254 g/mol. The molecule has 18 heavy (non-hydrogen) atoms. The van der Waals surface area contributed by atoms with Crippen molar-refractivity contribution in [3.63, 3.8) is 0 Å². The van der Waals surface area contributed by atoms with E-state index in [9.17, 15) is 14.5 Å². The van der Waals surface area contributed by atoms with Gasteiger partial charge in [0.1, 0.15) is 5.82 Å². The Morgan fingerprint density at radius 3 is 2.94 bits per heavy atom. The van der Waals surface area contributed by atoms with Crippen molar-refractivity contribution in [3.05, 3.63) is 34.1 Å². The summed E-state index contributed by atoms with van der Waals surface area (Å²) in [5.74, 6) is -0.621. The summed E-state index contributed by atoms with van der Waals surface area (Å²) in [4.78, 5) is 10.0. The van der Waals surface area contributed by atoms with Gasteiger partial charge in [-0.25, -0.2) is 4.39 Å². The quantitative estimate of drug-likeness (QED) is 0.662. The number of benzene rings is 1. The fourth-order valence-electron chi connectivity index (χ4n) is 2.05. The Balaban J connectivity index is 2.07. The number of anilines is 1. The summed E-state index contributed by atoms with van der Waals surface area (Å²) < 4.78 is 18.8. The van der Waals surface area contributed by atoms with E-state index in [0.29, 0.717) is 12.2 Å². The zero-order valence-corrected chi connectivity index (χ0v) is 10.1. The predicted octanol–water partition coefficient (Wildman–Crippen LogP) is 2.71. The molecule has 2 rings (SSSR count). The second kappa shape index (κ2) is 4.89. The number of hydrogen-bond donors (Lipinski definition) is 1. The van der Waals surface area contributed by atoms with Gasteiger partial charge in [-0.2, -0.15) is 0 Å². The van der Waals surface area contributed by atoms with E-state index in [4.69, 9.17) is 4.74 Å². The zero-order valence-electron chi connectivity index (χ0n) is 10.1. The van der Waals surface area contributed by atoms with E-state index in [-0.39, 0.29) is 11.3 Å². The number of non-ortho nitro benzene ring substituents is 1. The van der Waals surface area contributed by atoms with E-state index >= 15 is 0 Å². The van der Waals surface area contributed by atoms with Crippen LogP contribution in [0.15, 0.2) is 18.2 Å². The molecule has 0 radical (unpaired) electrons.